The number of halogens is 1. The van der Waals surface area contributed by atoms with Gasteiger partial charge in [0.15, 0.2) is 5.13 Å². The molecular weight excluding hydrogens is 364 g/mol. The van der Waals surface area contributed by atoms with Crippen molar-refractivity contribution in [3.8, 4) is 0 Å². The highest BCUT2D eigenvalue weighted by Crippen LogP contribution is 2.32. The molecule has 0 aliphatic carbocycles. The van der Waals surface area contributed by atoms with Crippen LogP contribution in [0, 0.1) is 0 Å². The van der Waals surface area contributed by atoms with Crippen molar-refractivity contribution in [3.63, 3.8) is 0 Å². The van der Waals surface area contributed by atoms with E-state index in [1.807, 2.05) is 72.8 Å². The number of benzene rings is 3. The summed E-state index contributed by atoms with van der Waals surface area (Å²) in [4.78, 5) is 17.6. The van der Waals surface area contributed by atoms with Crippen molar-refractivity contribution in [2.75, 3.05) is 5.32 Å². The predicted molar refractivity (Wildman–Crippen MR) is 108 cm³/mol. The van der Waals surface area contributed by atoms with Crippen LogP contribution in [0.1, 0.15) is 17.0 Å². The van der Waals surface area contributed by atoms with Gasteiger partial charge in [0.1, 0.15) is 5.52 Å². The van der Waals surface area contributed by atoms with E-state index in [9.17, 15) is 4.79 Å². The summed E-state index contributed by atoms with van der Waals surface area (Å²) in [5, 5.41) is 4.10. The predicted octanol–water partition coefficient (Wildman–Crippen LogP) is 5.72. The molecule has 0 aliphatic rings. The number of carbonyl (C=O) groups is 1. The van der Waals surface area contributed by atoms with Crippen molar-refractivity contribution >= 4 is 44.2 Å². The van der Waals surface area contributed by atoms with E-state index in [1.54, 1.807) is 6.07 Å². The number of anilines is 1. The van der Waals surface area contributed by atoms with E-state index in [2.05, 4.69) is 10.3 Å². The van der Waals surface area contributed by atoms with E-state index in [1.165, 1.54) is 11.3 Å². The average Bonchev–Trinajstić information content (AvgIpc) is 3.07. The third-order valence-corrected chi connectivity index (χ3v) is 5.37. The summed E-state index contributed by atoms with van der Waals surface area (Å²) in [5.74, 6) is -0.516. The van der Waals surface area contributed by atoms with Gasteiger partial charge < -0.3 is 5.32 Å². The minimum absolute atomic E-state index is 0.113. The van der Waals surface area contributed by atoms with Crippen molar-refractivity contribution in [3.05, 3.63) is 95.0 Å². The molecule has 0 bridgehead atoms. The summed E-state index contributed by atoms with van der Waals surface area (Å²) in [6.45, 7) is 0. The summed E-state index contributed by atoms with van der Waals surface area (Å²) in [6.07, 6.45) is 0. The van der Waals surface area contributed by atoms with Gasteiger partial charge in [0.25, 0.3) is 0 Å². The molecule has 4 aromatic rings. The molecule has 0 saturated heterocycles. The minimum atomic E-state index is -0.403. The van der Waals surface area contributed by atoms with Crippen LogP contribution in [-0.2, 0) is 4.79 Å². The molecule has 5 heteroatoms. The Morgan fingerprint density at radius 2 is 1.50 bits per heavy atom. The molecule has 1 heterocycles. The van der Waals surface area contributed by atoms with E-state index in [0.717, 1.165) is 15.8 Å². The quantitative estimate of drug-likeness (QED) is 0.493. The Kier molecular flexibility index (Phi) is 4.69. The molecule has 4 rings (SSSR count). The normalized spacial score (nSPS) is 11.0. The highest BCUT2D eigenvalue weighted by Gasteiger charge is 2.23. The second kappa shape index (κ2) is 7.28. The molecule has 0 radical (unpaired) electrons. The Morgan fingerprint density at radius 3 is 2.08 bits per heavy atom. The highest BCUT2D eigenvalue weighted by atomic mass is 35.5. The number of para-hydroxylation sites is 1. The Morgan fingerprint density at radius 1 is 0.885 bits per heavy atom. The first kappa shape index (κ1) is 16.8. The second-order valence-corrected chi connectivity index (χ2v) is 7.29. The molecular formula is C21H15ClN2OS. The number of nitrogens with one attached hydrogen (secondary N) is 1. The SMILES string of the molecule is O=C(Nc1nc2c(Cl)cccc2s1)C(c1ccccc1)c1ccccc1. The Bertz CT molecular complexity index is 1010. The van der Waals surface area contributed by atoms with Gasteiger partial charge in [-0.3, -0.25) is 4.79 Å². The molecule has 1 N–H and O–H groups in total. The third-order valence-electron chi connectivity index (χ3n) is 4.13. The molecule has 1 amide bonds. The van der Waals surface area contributed by atoms with Crippen molar-refractivity contribution in [1.82, 2.24) is 4.98 Å². The first-order valence-corrected chi connectivity index (χ1v) is 9.37. The summed E-state index contributed by atoms with van der Waals surface area (Å²) in [6, 6.07) is 25.1. The number of aromatic nitrogens is 1. The maximum Gasteiger partial charge on any atom is 0.238 e. The number of hydrogen-bond donors (Lipinski definition) is 1. The molecule has 3 nitrogen and oxygen atoms in total. The third kappa shape index (κ3) is 3.34. The average molecular weight is 379 g/mol. The molecule has 0 unspecified atom stereocenters. The van der Waals surface area contributed by atoms with Crippen molar-refractivity contribution < 1.29 is 4.79 Å². The van der Waals surface area contributed by atoms with Crippen LogP contribution < -0.4 is 5.32 Å². The van der Waals surface area contributed by atoms with Gasteiger partial charge in [-0.2, -0.15) is 0 Å². The smallest absolute Gasteiger partial charge is 0.238 e. The number of amides is 1. The topological polar surface area (TPSA) is 42.0 Å². The summed E-state index contributed by atoms with van der Waals surface area (Å²) in [5.41, 5.74) is 2.59. The lowest BCUT2D eigenvalue weighted by molar-refractivity contribution is -0.116. The maximum atomic E-state index is 13.1. The van der Waals surface area contributed by atoms with E-state index in [0.29, 0.717) is 15.7 Å². The first-order chi connectivity index (χ1) is 12.7. The largest absolute Gasteiger partial charge is 0.301 e. The summed E-state index contributed by atoms with van der Waals surface area (Å²) >= 11 is 7.61. The molecule has 0 aliphatic heterocycles. The fourth-order valence-corrected chi connectivity index (χ4v) is 4.10. The lowest BCUT2D eigenvalue weighted by atomic mass is 9.90. The van der Waals surface area contributed by atoms with Gasteiger partial charge in [-0.05, 0) is 23.3 Å². The number of nitrogens with zero attached hydrogens (tertiary/aromatic N) is 1. The molecule has 0 saturated carbocycles. The molecule has 1 aromatic heterocycles. The first-order valence-electron chi connectivity index (χ1n) is 8.18. The zero-order chi connectivity index (χ0) is 17.9. The standard InChI is InChI=1S/C21H15ClN2OS/c22-16-12-7-13-17-19(16)23-21(26-17)24-20(25)18(14-8-3-1-4-9-14)15-10-5-2-6-11-15/h1-13,18H,(H,23,24,25). The molecule has 0 fully saturated rings. The lowest BCUT2D eigenvalue weighted by Crippen LogP contribution is -2.22. The molecule has 0 spiro atoms. The van der Waals surface area contributed by atoms with E-state index in [4.69, 9.17) is 11.6 Å². The van der Waals surface area contributed by atoms with Gasteiger partial charge in [0, 0.05) is 0 Å². The van der Waals surface area contributed by atoms with Crippen molar-refractivity contribution in [1.29, 1.82) is 0 Å². The Hall–Kier alpha value is -2.69. The zero-order valence-electron chi connectivity index (χ0n) is 13.7. The van der Waals surface area contributed by atoms with Crippen LogP contribution in [-0.4, -0.2) is 10.9 Å². The maximum absolute atomic E-state index is 13.1. The highest BCUT2D eigenvalue weighted by molar-refractivity contribution is 7.22. The summed E-state index contributed by atoms with van der Waals surface area (Å²) < 4.78 is 0.948. The van der Waals surface area contributed by atoms with Gasteiger partial charge in [0.2, 0.25) is 5.91 Å². The number of rotatable bonds is 4. The fraction of sp³-hybridized carbons (Fsp3) is 0.0476. The lowest BCUT2D eigenvalue weighted by Gasteiger charge is -2.16. The van der Waals surface area contributed by atoms with Crippen LogP contribution in [0.2, 0.25) is 5.02 Å². The van der Waals surface area contributed by atoms with Gasteiger partial charge >= 0.3 is 0 Å². The molecule has 26 heavy (non-hydrogen) atoms. The van der Waals surface area contributed by atoms with Crippen LogP contribution in [0.5, 0.6) is 0 Å². The molecule has 3 aromatic carbocycles. The van der Waals surface area contributed by atoms with Crippen molar-refractivity contribution in [2.24, 2.45) is 0 Å². The fourth-order valence-electron chi connectivity index (χ4n) is 2.93. The Balaban J connectivity index is 1.69. The number of carbonyl (C=O) groups excluding carboxylic acids is 1. The number of hydrogen-bond acceptors (Lipinski definition) is 3. The van der Waals surface area contributed by atoms with E-state index >= 15 is 0 Å². The monoisotopic (exact) mass is 378 g/mol. The Labute approximate surface area is 160 Å². The van der Waals surface area contributed by atoms with Gasteiger partial charge in [-0.15, -0.1) is 0 Å². The van der Waals surface area contributed by atoms with Gasteiger partial charge in [-0.1, -0.05) is 89.7 Å². The molecule has 128 valence electrons. The number of fused-ring (bicyclic) bond motifs is 1. The van der Waals surface area contributed by atoms with Crippen LogP contribution in [0.15, 0.2) is 78.9 Å². The zero-order valence-corrected chi connectivity index (χ0v) is 15.3. The second-order valence-electron chi connectivity index (χ2n) is 5.85. The van der Waals surface area contributed by atoms with Gasteiger partial charge in [-0.25, -0.2) is 4.98 Å². The van der Waals surface area contributed by atoms with E-state index < -0.39 is 5.92 Å². The van der Waals surface area contributed by atoms with Crippen molar-refractivity contribution in [2.45, 2.75) is 5.92 Å². The van der Waals surface area contributed by atoms with Crippen LogP contribution in [0.3, 0.4) is 0 Å². The minimum Gasteiger partial charge on any atom is -0.301 e. The van der Waals surface area contributed by atoms with Crippen LogP contribution >= 0.6 is 22.9 Å². The van der Waals surface area contributed by atoms with Gasteiger partial charge in [0.05, 0.1) is 15.6 Å². The van der Waals surface area contributed by atoms with Crippen LogP contribution in [0.25, 0.3) is 10.2 Å². The van der Waals surface area contributed by atoms with E-state index in [-0.39, 0.29) is 5.91 Å². The molecule has 0 atom stereocenters. The number of thiazole rings is 1. The summed E-state index contributed by atoms with van der Waals surface area (Å²) in [7, 11) is 0. The van der Waals surface area contributed by atoms with Crippen LogP contribution in [0.4, 0.5) is 5.13 Å².